The summed E-state index contributed by atoms with van der Waals surface area (Å²) in [5.74, 6) is -1.23. The van der Waals surface area contributed by atoms with E-state index in [1.807, 2.05) is 48.5 Å². The zero-order valence-corrected chi connectivity index (χ0v) is 21.2. The molecule has 1 fully saturated rings. The van der Waals surface area contributed by atoms with Crippen LogP contribution in [-0.4, -0.2) is 37.0 Å². The minimum absolute atomic E-state index is 0.0413. The molecule has 0 saturated carbocycles. The number of benzene rings is 3. The number of ketones is 1. The Balaban J connectivity index is 1.91. The van der Waals surface area contributed by atoms with E-state index in [9.17, 15) is 14.7 Å². The molecule has 1 saturated heterocycles. The van der Waals surface area contributed by atoms with Crippen LogP contribution in [0, 0.1) is 0 Å². The molecule has 3 aromatic carbocycles. The molecule has 0 aliphatic carbocycles. The first-order chi connectivity index (χ1) is 17.4. The number of Topliss-reactive ketones (excluding diaryl/α,β-unsaturated/α-hetero) is 1. The summed E-state index contributed by atoms with van der Waals surface area (Å²) in [5, 5.41) is 11.4. The van der Waals surface area contributed by atoms with Crippen LogP contribution >= 0.6 is 0 Å². The summed E-state index contributed by atoms with van der Waals surface area (Å²) >= 11 is 0. The van der Waals surface area contributed by atoms with Gasteiger partial charge in [-0.1, -0.05) is 43.3 Å². The molecule has 36 heavy (non-hydrogen) atoms. The van der Waals surface area contributed by atoms with Crippen LogP contribution < -0.4 is 14.5 Å². The maximum absolute atomic E-state index is 13.4. The van der Waals surface area contributed by atoms with Crippen molar-refractivity contribution in [2.24, 2.45) is 0 Å². The molecular formula is C30H32N2O4. The van der Waals surface area contributed by atoms with Crippen LogP contribution in [-0.2, 0) is 16.0 Å². The SMILES string of the molecule is CCc1ccc(N2C(=O)C(=O)/C(=C(\O)c3ccccc3OC)C2c2ccc(N(CC)CC)cc2)cc1. The Bertz CT molecular complexity index is 1280. The van der Waals surface area contributed by atoms with E-state index in [-0.39, 0.29) is 11.3 Å². The molecule has 0 aromatic heterocycles. The lowest BCUT2D eigenvalue weighted by Gasteiger charge is -2.27. The number of carbonyl (C=O) groups is 2. The number of nitrogens with zero attached hydrogens (tertiary/aromatic N) is 2. The second-order valence-corrected chi connectivity index (χ2v) is 8.65. The van der Waals surface area contributed by atoms with Crippen molar-refractivity contribution < 1.29 is 19.4 Å². The van der Waals surface area contributed by atoms with Gasteiger partial charge in [-0.05, 0) is 67.8 Å². The number of ether oxygens (including phenoxy) is 1. The first-order valence-corrected chi connectivity index (χ1v) is 12.3. The van der Waals surface area contributed by atoms with E-state index >= 15 is 0 Å². The molecule has 1 unspecified atom stereocenters. The van der Waals surface area contributed by atoms with Crippen LogP contribution in [0.15, 0.2) is 78.4 Å². The van der Waals surface area contributed by atoms with Crippen molar-refractivity contribution in [3.05, 3.63) is 95.1 Å². The lowest BCUT2D eigenvalue weighted by Crippen LogP contribution is -2.29. The average molecular weight is 485 g/mol. The molecule has 0 bridgehead atoms. The molecule has 4 rings (SSSR count). The molecule has 3 aromatic rings. The average Bonchev–Trinajstić information content (AvgIpc) is 3.19. The molecule has 1 heterocycles. The Morgan fingerprint density at radius 3 is 2.14 bits per heavy atom. The van der Waals surface area contributed by atoms with Gasteiger partial charge in [-0.15, -0.1) is 0 Å². The fourth-order valence-electron chi connectivity index (χ4n) is 4.75. The number of hydrogen-bond donors (Lipinski definition) is 1. The van der Waals surface area contributed by atoms with Gasteiger partial charge in [0.05, 0.1) is 24.3 Å². The van der Waals surface area contributed by atoms with Crippen molar-refractivity contribution in [2.75, 3.05) is 30.0 Å². The normalized spacial score (nSPS) is 16.9. The van der Waals surface area contributed by atoms with E-state index in [1.54, 1.807) is 24.3 Å². The number of hydrogen-bond acceptors (Lipinski definition) is 5. The molecule has 186 valence electrons. The second-order valence-electron chi connectivity index (χ2n) is 8.65. The number of aryl methyl sites for hydroxylation is 1. The molecule has 1 aliphatic heterocycles. The summed E-state index contributed by atoms with van der Waals surface area (Å²) in [5.41, 5.74) is 3.93. The van der Waals surface area contributed by atoms with Gasteiger partial charge in [0.1, 0.15) is 11.5 Å². The molecule has 6 nitrogen and oxygen atoms in total. The highest BCUT2D eigenvalue weighted by Gasteiger charge is 2.47. The van der Waals surface area contributed by atoms with Gasteiger partial charge in [-0.25, -0.2) is 0 Å². The molecule has 0 radical (unpaired) electrons. The summed E-state index contributed by atoms with van der Waals surface area (Å²) in [7, 11) is 1.50. The number of amides is 1. The Kier molecular flexibility index (Phi) is 7.44. The molecule has 6 heteroatoms. The lowest BCUT2D eigenvalue weighted by molar-refractivity contribution is -0.132. The van der Waals surface area contributed by atoms with Gasteiger partial charge >= 0.3 is 0 Å². The number of aliphatic hydroxyl groups excluding tert-OH is 1. The molecule has 1 aliphatic rings. The van der Waals surface area contributed by atoms with Crippen molar-refractivity contribution >= 4 is 28.8 Å². The van der Waals surface area contributed by atoms with Crippen LogP contribution in [0.1, 0.15) is 43.5 Å². The Hall–Kier alpha value is -4.06. The Labute approximate surface area is 212 Å². The van der Waals surface area contributed by atoms with Crippen LogP contribution in [0.4, 0.5) is 11.4 Å². The number of anilines is 2. The predicted molar refractivity (Wildman–Crippen MR) is 144 cm³/mol. The number of aliphatic hydroxyl groups is 1. The number of methoxy groups -OCH3 is 1. The van der Waals surface area contributed by atoms with Gasteiger partial charge in [0.2, 0.25) is 0 Å². The van der Waals surface area contributed by atoms with Crippen molar-refractivity contribution in [1.82, 2.24) is 0 Å². The number of carbonyl (C=O) groups excluding carboxylic acids is 2. The molecule has 1 atom stereocenters. The van der Waals surface area contributed by atoms with Gasteiger partial charge in [0, 0.05) is 24.5 Å². The minimum atomic E-state index is -0.784. The monoisotopic (exact) mass is 484 g/mol. The summed E-state index contributed by atoms with van der Waals surface area (Å²) in [6.45, 7) is 7.99. The highest BCUT2D eigenvalue weighted by Crippen LogP contribution is 2.43. The van der Waals surface area contributed by atoms with Crippen molar-refractivity contribution in [3.63, 3.8) is 0 Å². The first-order valence-electron chi connectivity index (χ1n) is 12.3. The van der Waals surface area contributed by atoms with Gasteiger partial charge in [-0.3, -0.25) is 14.5 Å². The van der Waals surface area contributed by atoms with E-state index in [0.29, 0.717) is 17.0 Å². The summed E-state index contributed by atoms with van der Waals surface area (Å²) in [6.07, 6.45) is 0.864. The molecular weight excluding hydrogens is 452 g/mol. The fraction of sp³-hybridized carbons (Fsp3) is 0.267. The number of para-hydroxylation sites is 1. The maximum Gasteiger partial charge on any atom is 0.300 e. The zero-order chi connectivity index (χ0) is 25.8. The number of rotatable bonds is 8. The predicted octanol–water partition coefficient (Wildman–Crippen LogP) is 5.73. The van der Waals surface area contributed by atoms with Crippen LogP contribution in [0.3, 0.4) is 0 Å². The van der Waals surface area contributed by atoms with Crippen LogP contribution in [0.25, 0.3) is 5.76 Å². The van der Waals surface area contributed by atoms with Crippen LogP contribution in [0.2, 0.25) is 0 Å². The fourth-order valence-corrected chi connectivity index (χ4v) is 4.75. The Morgan fingerprint density at radius 1 is 0.917 bits per heavy atom. The van der Waals surface area contributed by atoms with E-state index in [4.69, 9.17) is 4.74 Å². The Morgan fingerprint density at radius 2 is 1.56 bits per heavy atom. The van der Waals surface area contributed by atoms with Gasteiger partial charge in [0.25, 0.3) is 11.7 Å². The summed E-state index contributed by atoms with van der Waals surface area (Å²) < 4.78 is 5.42. The van der Waals surface area contributed by atoms with Crippen LogP contribution in [0.5, 0.6) is 5.75 Å². The largest absolute Gasteiger partial charge is 0.507 e. The standard InChI is InChI=1S/C30H32N2O4/c1-5-20-12-16-23(17-13-20)32-27(21-14-18-22(19-15-21)31(6-2)7-3)26(29(34)30(32)35)28(33)24-10-8-9-11-25(24)36-4/h8-19,27,33H,5-7H2,1-4H3/b28-26-. The van der Waals surface area contributed by atoms with Crippen molar-refractivity contribution in [2.45, 2.75) is 33.2 Å². The first kappa shape index (κ1) is 25.0. The zero-order valence-electron chi connectivity index (χ0n) is 21.2. The maximum atomic E-state index is 13.4. The van der Waals surface area contributed by atoms with Gasteiger partial charge in [-0.2, -0.15) is 0 Å². The smallest absolute Gasteiger partial charge is 0.300 e. The van der Waals surface area contributed by atoms with Gasteiger partial charge < -0.3 is 14.7 Å². The second kappa shape index (κ2) is 10.7. The highest BCUT2D eigenvalue weighted by molar-refractivity contribution is 6.51. The van der Waals surface area contributed by atoms with E-state index in [2.05, 4.69) is 25.7 Å². The molecule has 1 amide bonds. The third-order valence-electron chi connectivity index (χ3n) is 6.77. The topological polar surface area (TPSA) is 70.1 Å². The van der Waals surface area contributed by atoms with E-state index < -0.39 is 17.7 Å². The molecule has 0 spiro atoms. The molecule has 1 N–H and O–H groups in total. The lowest BCUT2D eigenvalue weighted by atomic mass is 9.94. The summed E-state index contributed by atoms with van der Waals surface area (Å²) in [6, 6.07) is 21.6. The quantitative estimate of drug-likeness (QED) is 0.251. The van der Waals surface area contributed by atoms with E-state index in [1.165, 1.54) is 12.0 Å². The highest BCUT2D eigenvalue weighted by atomic mass is 16.5. The minimum Gasteiger partial charge on any atom is -0.507 e. The van der Waals surface area contributed by atoms with Gasteiger partial charge in [0.15, 0.2) is 0 Å². The third-order valence-corrected chi connectivity index (χ3v) is 6.77. The summed E-state index contributed by atoms with van der Waals surface area (Å²) in [4.78, 5) is 30.5. The van der Waals surface area contributed by atoms with Crippen molar-refractivity contribution in [1.29, 1.82) is 0 Å². The van der Waals surface area contributed by atoms with Crippen molar-refractivity contribution in [3.8, 4) is 5.75 Å². The van der Waals surface area contributed by atoms with E-state index in [0.717, 1.165) is 36.3 Å². The third kappa shape index (κ3) is 4.47.